The molecule has 0 saturated carbocycles. The number of nitrogens with zero attached hydrogens (tertiary/aromatic N) is 2. The molecule has 9 heteroatoms. The lowest BCUT2D eigenvalue weighted by atomic mass is 10.1. The first-order chi connectivity index (χ1) is 13.7. The van der Waals surface area contributed by atoms with Gasteiger partial charge in [-0.05, 0) is 55.7 Å². The van der Waals surface area contributed by atoms with Gasteiger partial charge in [0.1, 0.15) is 0 Å². The van der Waals surface area contributed by atoms with Gasteiger partial charge in [0.25, 0.3) is 0 Å². The van der Waals surface area contributed by atoms with Crippen molar-refractivity contribution in [3.05, 3.63) is 47.5 Å². The van der Waals surface area contributed by atoms with E-state index in [1.807, 2.05) is 43.5 Å². The summed E-state index contributed by atoms with van der Waals surface area (Å²) in [5, 5.41) is 8.84. The molecule has 0 unspecified atom stereocenters. The Kier molecular flexibility index (Phi) is 6.30. The number of fused-ring (bicyclic) bond motifs is 1. The highest BCUT2D eigenvalue weighted by Gasteiger charge is 2.16. The molecule has 0 fully saturated rings. The van der Waals surface area contributed by atoms with E-state index < -0.39 is 10.0 Å². The highest BCUT2D eigenvalue weighted by Crippen LogP contribution is 2.27. The zero-order chi connectivity index (χ0) is 21.2. The molecule has 0 radical (unpaired) electrons. The van der Waals surface area contributed by atoms with E-state index in [0.717, 1.165) is 28.8 Å². The van der Waals surface area contributed by atoms with Crippen LogP contribution in [0.5, 0.6) is 0 Å². The Morgan fingerprint density at radius 2 is 2.00 bits per heavy atom. The molecule has 1 aromatic heterocycles. The number of amides is 1. The van der Waals surface area contributed by atoms with Gasteiger partial charge in [0.2, 0.25) is 15.9 Å². The molecule has 0 aliphatic rings. The number of carbonyl (C=O) groups excluding carboxylic acids is 1. The second-order valence-corrected chi connectivity index (χ2v) is 9.33. The van der Waals surface area contributed by atoms with Crippen molar-refractivity contribution in [2.45, 2.75) is 43.8 Å². The number of sulfonamides is 1. The molecule has 0 saturated heterocycles. The average Bonchev–Trinajstić information content (AvgIpc) is 3.00. The lowest BCUT2D eigenvalue weighted by Crippen LogP contribution is -2.15. The van der Waals surface area contributed by atoms with Crippen molar-refractivity contribution in [3.8, 4) is 0 Å². The Morgan fingerprint density at radius 1 is 1.24 bits per heavy atom. The lowest BCUT2D eigenvalue weighted by Gasteiger charge is -2.11. The third kappa shape index (κ3) is 4.80. The van der Waals surface area contributed by atoms with Crippen LogP contribution in [0.2, 0.25) is 0 Å². The molecule has 0 aliphatic heterocycles. The van der Waals surface area contributed by atoms with Gasteiger partial charge in [0, 0.05) is 12.2 Å². The molecule has 0 atom stereocenters. The summed E-state index contributed by atoms with van der Waals surface area (Å²) in [5.74, 6) is 0.0756. The van der Waals surface area contributed by atoms with Gasteiger partial charge >= 0.3 is 0 Å². The quantitative estimate of drug-likeness (QED) is 0.556. The third-order valence-corrected chi connectivity index (χ3v) is 6.56. The van der Waals surface area contributed by atoms with Crippen molar-refractivity contribution in [3.63, 3.8) is 0 Å². The molecule has 7 nitrogen and oxygen atoms in total. The molecule has 0 aliphatic carbocycles. The number of nitrogens with two attached hydrogens (primary N) is 1. The standard InChI is InChI=1S/C20H24N4O3S2/c1-4-10-24-18-9-8-15(29(21,26)27)11-17(18)23-20(24)28-12-19(25)22-16-7-5-6-13(2)14(16)3/h5-9,11H,4,10,12H2,1-3H3,(H,22,25)(H2,21,26,27). The summed E-state index contributed by atoms with van der Waals surface area (Å²) in [6.45, 7) is 6.74. The zero-order valence-corrected chi connectivity index (χ0v) is 18.2. The molecule has 0 spiro atoms. The number of benzene rings is 2. The first-order valence-corrected chi connectivity index (χ1v) is 11.8. The van der Waals surface area contributed by atoms with E-state index >= 15 is 0 Å². The first kappa shape index (κ1) is 21.4. The van der Waals surface area contributed by atoms with Crippen molar-refractivity contribution < 1.29 is 13.2 Å². The molecular weight excluding hydrogens is 408 g/mol. The predicted molar refractivity (Wildman–Crippen MR) is 117 cm³/mol. The molecule has 1 heterocycles. The maximum atomic E-state index is 12.5. The number of thioether (sulfide) groups is 1. The minimum atomic E-state index is -3.80. The van der Waals surface area contributed by atoms with Crippen LogP contribution in [-0.4, -0.2) is 29.6 Å². The Balaban J connectivity index is 1.82. The monoisotopic (exact) mass is 432 g/mol. The zero-order valence-electron chi connectivity index (χ0n) is 16.6. The highest BCUT2D eigenvalue weighted by atomic mass is 32.2. The molecule has 2 aromatic carbocycles. The van der Waals surface area contributed by atoms with Gasteiger partial charge in [-0.15, -0.1) is 0 Å². The summed E-state index contributed by atoms with van der Waals surface area (Å²) in [6, 6.07) is 10.5. The van der Waals surface area contributed by atoms with Crippen molar-refractivity contribution >= 4 is 44.4 Å². The minimum Gasteiger partial charge on any atom is -0.325 e. The van der Waals surface area contributed by atoms with Crippen LogP contribution in [0.25, 0.3) is 11.0 Å². The molecule has 154 valence electrons. The van der Waals surface area contributed by atoms with Gasteiger partial charge in [-0.1, -0.05) is 30.8 Å². The summed E-state index contributed by atoms with van der Waals surface area (Å²) in [7, 11) is -3.80. The van der Waals surface area contributed by atoms with Crippen molar-refractivity contribution in [2.75, 3.05) is 11.1 Å². The Morgan fingerprint density at radius 3 is 2.69 bits per heavy atom. The lowest BCUT2D eigenvalue weighted by molar-refractivity contribution is -0.113. The van der Waals surface area contributed by atoms with Crippen LogP contribution >= 0.6 is 11.8 Å². The summed E-state index contributed by atoms with van der Waals surface area (Å²) < 4.78 is 25.2. The van der Waals surface area contributed by atoms with Crippen LogP contribution in [0.3, 0.4) is 0 Å². The van der Waals surface area contributed by atoms with Gasteiger partial charge < -0.3 is 9.88 Å². The summed E-state index contributed by atoms with van der Waals surface area (Å²) in [4.78, 5) is 17.0. The summed E-state index contributed by atoms with van der Waals surface area (Å²) in [5.41, 5.74) is 4.32. The minimum absolute atomic E-state index is 0.0235. The summed E-state index contributed by atoms with van der Waals surface area (Å²) >= 11 is 1.32. The number of hydrogen-bond acceptors (Lipinski definition) is 5. The fraction of sp³-hybridized carbons (Fsp3) is 0.300. The predicted octanol–water partition coefficient (Wildman–Crippen LogP) is 3.44. The van der Waals surface area contributed by atoms with Crippen LogP contribution in [0.4, 0.5) is 5.69 Å². The van der Waals surface area contributed by atoms with E-state index in [-0.39, 0.29) is 16.6 Å². The Labute approximate surface area is 174 Å². The maximum absolute atomic E-state index is 12.5. The van der Waals surface area contributed by atoms with E-state index in [0.29, 0.717) is 17.2 Å². The van der Waals surface area contributed by atoms with Crippen LogP contribution in [0, 0.1) is 13.8 Å². The molecule has 1 amide bonds. The van der Waals surface area contributed by atoms with E-state index in [4.69, 9.17) is 5.14 Å². The number of primary sulfonamides is 1. The number of aryl methyl sites for hydroxylation is 2. The van der Waals surface area contributed by atoms with Gasteiger partial charge in [-0.25, -0.2) is 18.5 Å². The number of aromatic nitrogens is 2. The SMILES string of the molecule is CCCn1c(SCC(=O)Nc2cccc(C)c2C)nc2cc(S(N)(=O)=O)ccc21. The normalized spacial score (nSPS) is 11.7. The molecular formula is C20H24N4O3S2. The molecule has 3 aromatic rings. The number of carbonyl (C=O) groups is 1. The smallest absolute Gasteiger partial charge is 0.238 e. The third-order valence-electron chi connectivity index (χ3n) is 4.67. The fourth-order valence-corrected chi connectivity index (χ4v) is 4.39. The van der Waals surface area contributed by atoms with Crippen LogP contribution < -0.4 is 10.5 Å². The van der Waals surface area contributed by atoms with Crippen molar-refractivity contribution in [1.29, 1.82) is 0 Å². The van der Waals surface area contributed by atoms with Gasteiger partial charge in [0.05, 0.1) is 21.7 Å². The molecule has 29 heavy (non-hydrogen) atoms. The Hall–Kier alpha value is -2.36. The summed E-state index contributed by atoms with van der Waals surface area (Å²) in [6.07, 6.45) is 0.880. The van der Waals surface area contributed by atoms with E-state index in [1.54, 1.807) is 6.07 Å². The van der Waals surface area contributed by atoms with Crippen molar-refractivity contribution in [2.24, 2.45) is 5.14 Å². The van der Waals surface area contributed by atoms with E-state index in [9.17, 15) is 13.2 Å². The second kappa shape index (κ2) is 8.56. The number of rotatable bonds is 7. The number of nitrogens with one attached hydrogen (secondary N) is 1. The maximum Gasteiger partial charge on any atom is 0.238 e. The van der Waals surface area contributed by atoms with Crippen LogP contribution in [0.1, 0.15) is 24.5 Å². The fourth-order valence-electron chi connectivity index (χ4n) is 3.02. The first-order valence-electron chi connectivity index (χ1n) is 9.22. The second-order valence-electron chi connectivity index (χ2n) is 6.83. The molecule has 0 bridgehead atoms. The van der Waals surface area contributed by atoms with Gasteiger partial charge in [-0.2, -0.15) is 0 Å². The van der Waals surface area contributed by atoms with Crippen molar-refractivity contribution in [1.82, 2.24) is 9.55 Å². The topological polar surface area (TPSA) is 107 Å². The number of imidazole rings is 1. The number of anilines is 1. The van der Waals surface area contributed by atoms with E-state index in [2.05, 4.69) is 10.3 Å². The Bertz CT molecular complexity index is 1170. The number of hydrogen-bond donors (Lipinski definition) is 2. The molecule has 3 rings (SSSR count). The van der Waals surface area contributed by atoms with Gasteiger partial charge in [0.15, 0.2) is 5.16 Å². The van der Waals surface area contributed by atoms with Gasteiger partial charge in [-0.3, -0.25) is 4.79 Å². The molecule has 3 N–H and O–H groups in total. The van der Waals surface area contributed by atoms with E-state index in [1.165, 1.54) is 23.9 Å². The van der Waals surface area contributed by atoms with Crippen LogP contribution in [0.15, 0.2) is 46.5 Å². The van der Waals surface area contributed by atoms with Crippen LogP contribution in [-0.2, 0) is 21.4 Å². The average molecular weight is 433 g/mol. The highest BCUT2D eigenvalue weighted by molar-refractivity contribution is 7.99. The largest absolute Gasteiger partial charge is 0.325 e.